The monoisotopic (exact) mass is 502 g/mol. The summed E-state index contributed by atoms with van der Waals surface area (Å²) in [6.45, 7) is 8.54. The van der Waals surface area contributed by atoms with Gasteiger partial charge in [0.05, 0.1) is 5.41 Å². The normalized spacial score (nSPS) is 32.5. The summed E-state index contributed by atoms with van der Waals surface area (Å²) in [5.74, 6) is -3.86. The number of allylic oxidation sites excluding steroid dienone is 1. The fourth-order valence-corrected chi connectivity index (χ4v) is 5.18. The third kappa shape index (κ3) is 4.55. The molecule has 3 aliphatic rings. The number of carbonyl (C=O) groups excluding carboxylic acids is 2. The average molecular weight is 502 g/mol. The number of halogens is 6. The first kappa shape index (κ1) is 26.8. The predicted molar refractivity (Wildman–Crippen MR) is 104 cm³/mol. The molecule has 3 rings (SSSR count). The number of fused-ring (bicyclic) bond motifs is 1. The first-order valence-corrected chi connectivity index (χ1v) is 10.9. The van der Waals surface area contributed by atoms with Crippen molar-refractivity contribution in [2.75, 3.05) is 6.79 Å². The van der Waals surface area contributed by atoms with E-state index < -0.39 is 72.2 Å². The molecule has 6 atom stereocenters. The van der Waals surface area contributed by atoms with Crippen molar-refractivity contribution in [1.29, 1.82) is 0 Å². The van der Waals surface area contributed by atoms with Gasteiger partial charge in [0.25, 0.3) is 6.10 Å². The van der Waals surface area contributed by atoms with Crippen LogP contribution in [0.4, 0.5) is 26.3 Å². The molecule has 0 radical (unpaired) electrons. The van der Waals surface area contributed by atoms with Crippen molar-refractivity contribution >= 4 is 11.9 Å². The Balaban J connectivity index is 1.81. The predicted octanol–water partition coefficient (Wildman–Crippen LogP) is 4.71. The lowest BCUT2D eigenvalue weighted by Gasteiger charge is -2.46. The molecule has 6 nitrogen and oxygen atoms in total. The highest BCUT2D eigenvalue weighted by atomic mass is 19.4. The molecular formula is C22H28F6O6. The smallest absolute Gasteiger partial charge is 0.434 e. The van der Waals surface area contributed by atoms with Gasteiger partial charge in [0.1, 0.15) is 19.0 Å². The molecule has 194 valence electrons. The maximum Gasteiger partial charge on any atom is 0.434 e. The molecule has 1 heterocycles. The fourth-order valence-electron chi connectivity index (χ4n) is 5.18. The molecule has 1 aliphatic heterocycles. The molecule has 3 fully saturated rings. The lowest BCUT2D eigenvalue weighted by atomic mass is 9.77. The van der Waals surface area contributed by atoms with E-state index in [9.17, 15) is 35.9 Å². The van der Waals surface area contributed by atoms with Crippen molar-refractivity contribution < 1.29 is 54.9 Å². The number of carbonyl (C=O) groups is 2. The van der Waals surface area contributed by atoms with Crippen LogP contribution in [0.3, 0.4) is 0 Å². The second-order valence-electron chi connectivity index (χ2n) is 9.99. The highest BCUT2D eigenvalue weighted by Crippen LogP contribution is 2.58. The van der Waals surface area contributed by atoms with Gasteiger partial charge in [-0.25, -0.2) is 4.79 Å². The molecule has 0 N–H and O–H groups in total. The minimum absolute atomic E-state index is 0.125. The van der Waals surface area contributed by atoms with E-state index >= 15 is 0 Å². The number of hydrogen-bond acceptors (Lipinski definition) is 6. The van der Waals surface area contributed by atoms with Gasteiger partial charge in [-0.15, -0.1) is 0 Å². The standard InChI is InChI=1S/C22H28F6O6/c1-10(2)7-19(5,11(3)4)17(29)33-14-12-6-13-15(14)31-9-32-20(13,8-12)18(30)34-16(21(23,24)25)22(26,27)28/h7,11-16H,6,8-9H2,1-5H3. The summed E-state index contributed by atoms with van der Waals surface area (Å²) in [6, 6.07) is 0. The first-order chi connectivity index (χ1) is 15.4. The molecule has 34 heavy (non-hydrogen) atoms. The van der Waals surface area contributed by atoms with Gasteiger partial charge in [-0.05, 0) is 39.5 Å². The van der Waals surface area contributed by atoms with E-state index in [4.69, 9.17) is 14.2 Å². The second kappa shape index (κ2) is 8.69. The minimum atomic E-state index is -5.84. The summed E-state index contributed by atoms with van der Waals surface area (Å²) in [7, 11) is 0. The van der Waals surface area contributed by atoms with Gasteiger partial charge >= 0.3 is 24.3 Å². The van der Waals surface area contributed by atoms with Gasteiger partial charge in [-0.3, -0.25) is 4.79 Å². The Morgan fingerprint density at radius 2 is 1.68 bits per heavy atom. The van der Waals surface area contributed by atoms with Gasteiger partial charge in [-0.2, -0.15) is 26.3 Å². The third-order valence-corrected chi connectivity index (χ3v) is 7.12. The van der Waals surface area contributed by atoms with Crippen molar-refractivity contribution in [3.05, 3.63) is 11.6 Å². The number of alkyl halides is 6. The Morgan fingerprint density at radius 3 is 2.18 bits per heavy atom. The van der Waals surface area contributed by atoms with Crippen LogP contribution in [0.1, 0.15) is 47.5 Å². The van der Waals surface area contributed by atoms with E-state index in [0.717, 1.165) is 5.57 Å². The summed E-state index contributed by atoms with van der Waals surface area (Å²) in [5, 5.41) is 0. The molecule has 2 bridgehead atoms. The van der Waals surface area contributed by atoms with Crippen LogP contribution in [-0.2, 0) is 28.5 Å². The quantitative estimate of drug-likeness (QED) is 0.298. The summed E-state index contributed by atoms with van der Waals surface area (Å²) in [5.41, 5.74) is -2.09. The third-order valence-electron chi connectivity index (χ3n) is 7.12. The Morgan fingerprint density at radius 1 is 1.09 bits per heavy atom. The number of ether oxygens (including phenoxy) is 4. The molecule has 6 unspecified atom stereocenters. The Kier molecular flexibility index (Phi) is 6.84. The van der Waals surface area contributed by atoms with Crippen LogP contribution < -0.4 is 0 Å². The van der Waals surface area contributed by atoms with Gasteiger partial charge < -0.3 is 18.9 Å². The summed E-state index contributed by atoms with van der Waals surface area (Å²) >= 11 is 0. The van der Waals surface area contributed by atoms with Crippen LogP contribution in [0.25, 0.3) is 0 Å². The van der Waals surface area contributed by atoms with Gasteiger partial charge in [0.2, 0.25) is 0 Å². The first-order valence-electron chi connectivity index (χ1n) is 10.9. The van der Waals surface area contributed by atoms with Crippen LogP contribution in [0, 0.1) is 23.2 Å². The lowest BCUT2D eigenvalue weighted by Crippen LogP contribution is -2.62. The van der Waals surface area contributed by atoms with Crippen LogP contribution in [-0.4, -0.2) is 55.0 Å². The molecule has 0 aromatic heterocycles. The molecule has 2 saturated carbocycles. The van der Waals surface area contributed by atoms with Gasteiger partial charge in [-0.1, -0.05) is 25.5 Å². The van der Waals surface area contributed by atoms with Gasteiger partial charge in [0.15, 0.2) is 5.60 Å². The highest BCUT2D eigenvalue weighted by molar-refractivity contribution is 5.82. The summed E-state index contributed by atoms with van der Waals surface area (Å²) < 4.78 is 98.1. The maximum atomic E-state index is 13.1. The van der Waals surface area contributed by atoms with Crippen LogP contribution in [0.5, 0.6) is 0 Å². The van der Waals surface area contributed by atoms with E-state index in [1.54, 1.807) is 13.0 Å². The topological polar surface area (TPSA) is 71.1 Å². The number of esters is 2. The van der Waals surface area contributed by atoms with E-state index in [1.165, 1.54) is 0 Å². The minimum Gasteiger partial charge on any atom is -0.459 e. The SMILES string of the molecule is CC(C)=CC(C)(C(=O)OC1C2CC3C1OCOC3(C(=O)OC(C(F)(F)F)C(F)(F)F)C2)C(C)C. The van der Waals surface area contributed by atoms with Crippen molar-refractivity contribution in [3.63, 3.8) is 0 Å². The second-order valence-corrected chi connectivity index (χ2v) is 9.99. The summed E-state index contributed by atoms with van der Waals surface area (Å²) in [6.07, 6.45) is -16.0. The van der Waals surface area contributed by atoms with Crippen molar-refractivity contribution in [2.24, 2.45) is 23.2 Å². The molecule has 0 spiro atoms. The Labute approximate surface area is 192 Å². The number of hydrogen-bond donors (Lipinski definition) is 0. The lowest BCUT2D eigenvalue weighted by molar-refractivity contribution is -0.326. The zero-order valence-corrected chi connectivity index (χ0v) is 19.4. The zero-order valence-electron chi connectivity index (χ0n) is 19.4. The molecular weight excluding hydrogens is 474 g/mol. The molecule has 0 amide bonds. The van der Waals surface area contributed by atoms with E-state index in [-0.39, 0.29) is 18.8 Å². The molecule has 1 saturated heterocycles. The van der Waals surface area contributed by atoms with Crippen LogP contribution in [0.15, 0.2) is 11.6 Å². The molecule has 12 heteroatoms. The van der Waals surface area contributed by atoms with Crippen molar-refractivity contribution in [2.45, 2.75) is 83.7 Å². The van der Waals surface area contributed by atoms with E-state index in [2.05, 4.69) is 4.74 Å². The van der Waals surface area contributed by atoms with Crippen molar-refractivity contribution in [3.8, 4) is 0 Å². The zero-order chi connectivity index (χ0) is 25.9. The van der Waals surface area contributed by atoms with E-state index in [1.807, 2.05) is 27.7 Å². The summed E-state index contributed by atoms with van der Waals surface area (Å²) in [4.78, 5) is 25.8. The largest absolute Gasteiger partial charge is 0.459 e. The van der Waals surface area contributed by atoms with E-state index in [0.29, 0.717) is 0 Å². The van der Waals surface area contributed by atoms with Crippen LogP contribution >= 0.6 is 0 Å². The fraction of sp³-hybridized carbons (Fsp3) is 0.818. The maximum absolute atomic E-state index is 13.1. The Hall–Kier alpha value is -1.82. The van der Waals surface area contributed by atoms with Crippen molar-refractivity contribution in [1.82, 2.24) is 0 Å². The molecule has 0 aromatic rings. The molecule has 0 aromatic carbocycles. The Bertz CT molecular complexity index is 834. The number of rotatable bonds is 6. The van der Waals surface area contributed by atoms with Crippen LogP contribution in [0.2, 0.25) is 0 Å². The highest BCUT2D eigenvalue weighted by Gasteiger charge is 2.71. The van der Waals surface area contributed by atoms with Gasteiger partial charge in [0, 0.05) is 11.8 Å². The average Bonchev–Trinajstić information content (AvgIpc) is 3.22. The molecule has 2 aliphatic carbocycles.